The Kier molecular flexibility index (Phi) is 4.86. The lowest BCUT2D eigenvalue weighted by atomic mass is 10.1. The molecule has 2 amide bonds. The number of imidazole rings is 1. The van der Waals surface area contributed by atoms with E-state index in [-0.39, 0.29) is 0 Å². The molecule has 4 rings (SSSR count). The zero-order valence-corrected chi connectivity index (χ0v) is 15.6. The Morgan fingerprint density at radius 1 is 1.14 bits per heavy atom. The molecule has 0 spiro atoms. The van der Waals surface area contributed by atoms with Crippen LogP contribution < -0.4 is 11.1 Å². The van der Waals surface area contributed by atoms with Crippen LogP contribution in [0.3, 0.4) is 0 Å². The third-order valence-electron chi connectivity index (χ3n) is 4.35. The lowest BCUT2D eigenvalue weighted by Gasteiger charge is -2.15. The number of fused-ring (bicyclic) bond motifs is 1. The average molecular weight is 391 g/mol. The van der Waals surface area contributed by atoms with Gasteiger partial charge < -0.3 is 16.0 Å². The number of pyridine rings is 1. The minimum Gasteiger partial charge on any atom is -0.368 e. The number of amides is 2. The summed E-state index contributed by atoms with van der Waals surface area (Å²) in [6, 6.07) is 12.0. The number of nitrogens with zero attached hydrogens (tertiary/aromatic N) is 2. The summed E-state index contributed by atoms with van der Waals surface area (Å²) in [5.41, 5.74) is 8.01. The van der Waals surface area contributed by atoms with Crippen LogP contribution in [0.1, 0.15) is 15.2 Å². The second-order valence-corrected chi connectivity index (χ2v) is 7.27. The van der Waals surface area contributed by atoms with Crippen molar-refractivity contribution in [3.05, 3.63) is 70.7 Å². The number of hydrogen-bond donors (Lipinski definition) is 3. The van der Waals surface area contributed by atoms with Crippen LogP contribution in [0.5, 0.6) is 0 Å². The van der Waals surface area contributed by atoms with Crippen molar-refractivity contribution < 1.29 is 9.59 Å². The van der Waals surface area contributed by atoms with Crippen molar-refractivity contribution >= 4 is 34.2 Å². The minimum atomic E-state index is -0.792. The van der Waals surface area contributed by atoms with Crippen molar-refractivity contribution in [1.82, 2.24) is 20.3 Å². The van der Waals surface area contributed by atoms with Gasteiger partial charge in [0.1, 0.15) is 17.4 Å². The maximum Gasteiger partial charge on any atom is 0.254 e. The summed E-state index contributed by atoms with van der Waals surface area (Å²) in [4.78, 5) is 37.5. The van der Waals surface area contributed by atoms with Crippen molar-refractivity contribution in [2.45, 2.75) is 12.5 Å². The molecule has 1 atom stereocenters. The summed E-state index contributed by atoms with van der Waals surface area (Å²) in [5, 5.41) is 4.66. The summed E-state index contributed by atoms with van der Waals surface area (Å²) < 4.78 is 0. The summed E-state index contributed by atoms with van der Waals surface area (Å²) in [6.07, 6.45) is 3.72. The predicted molar refractivity (Wildman–Crippen MR) is 108 cm³/mol. The zero-order chi connectivity index (χ0) is 19.5. The van der Waals surface area contributed by atoms with Crippen LogP contribution in [-0.4, -0.2) is 32.8 Å². The molecule has 0 aliphatic carbocycles. The normalized spacial score (nSPS) is 12.0. The summed E-state index contributed by atoms with van der Waals surface area (Å²) in [6.45, 7) is 0. The van der Waals surface area contributed by atoms with Gasteiger partial charge in [-0.25, -0.2) is 4.98 Å². The largest absolute Gasteiger partial charge is 0.368 e. The van der Waals surface area contributed by atoms with E-state index >= 15 is 0 Å². The Bertz CT molecular complexity index is 1120. The molecule has 4 N–H and O–H groups in total. The lowest BCUT2D eigenvalue weighted by Crippen LogP contribution is -2.45. The SMILES string of the molecule is NC(=O)[C@H](Cc1cccs1)NC(=O)c1cccc2[nH]c(-c3ccncc3)nc12. The topological polar surface area (TPSA) is 114 Å². The van der Waals surface area contributed by atoms with Crippen LogP contribution >= 0.6 is 11.3 Å². The molecule has 1 aromatic carbocycles. The van der Waals surface area contributed by atoms with Gasteiger partial charge in [-0.15, -0.1) is 11.3 Å². The molecule has 7 nitrogen and oxygen atoms in total. The third-order valence-corrected chi connectivity index (χ3v) is 5.24. The second-order valence-electron chi connectivity index (χ2n) is 6.23. The fraction of sp³-hybridized carbons (Fsp3) is 0.100. The Morgan fingerprint density at radius 3 is 2.68 bits per heavy atom. The first-order valence-corrected chi connectivity index (χ1v) is 9.51. The van der Waals surface area contributed by atoms with E-state index in [9.17, 15) is 9.59 Å². The van der Waals surface area contributed by atoms with Crippen molar-refractivity contribution in [3.8, 4) is 11.4 Å². The molecule has 0 aliphatic rings. The van der Waals surface area contributed by atoms with Gasteiger partial charge in [-0.1, -0.05) is 12.1 Å². The quantitative estimate of drug-likeness (QED) is 0.468. The monoisotopic (exact) mass is 391 g/mol. The highest BCUT2D eigenvalue weighted by Crippen LogP contribution is 2.22. The van der Waals surface area contributed by atoms with E-state index in [0.717, 1.165) is 16.0 Å². The molecule has 0 saturated heterocycles. The third kappa shape index (κ3) is 3.63. The smallest absolute Gasteiger partial charge is 0.254 e. The standard InChI is InChI=1S/C20H17N5O2S/c21-18(26)16(11-13-3-2-10-28-13)24-20(27)14-4-1-5-15-17(14)25-19(23-15)12-6-8-22-9-7-12/h1-10,16H,11H2,(H2,21,26)(H,23,25)(H,24,27)/t16-/m0/s1. The molecule has 140 valence electrons. The van der Waals surface area contributed by atoms with E-state index in [1.165, 1.54) is 11.3 Å². The van der Waals surface area contributed by atoms with Crippen LogP contribution in [0.2, 0.25) is 0 Å². The van der Waals surface area contributed by atoms with Crippen LogP contribution in [0.15, 0.2) is 60.2 Å². The second kappa shape index (κ2) is 7.61. The van der Waals surface area contributed by atoms with E-state index < -0.39 is 17.9 Å². The van der Waals surface area contributed by atoms with E-state index in [1.54, 1.807) is 24.5 Å². The zero-order valence-electron chi connectivity index (χ0n) is 14.8. The Balaban J connectivity index is 1.63. The molecule has 0 fully saturated rings. The first-order chi connectivity index (χ1) is 13.6. The predicted octanol–water partition coefficient (Wildman–Crippen LogP) is 2.51. The van der Waals surface area contributed by atoms with Crippen molar-refractivity contribution in [3.63, 3.8) is 0 Å². The highest BCUT2D eigenvalue weighted by Gasteiger charge is 2.22. The van der Waals surface area contributed by atoms with E-state index in [0.29, 0.717) is 23.3 Å². The van der Waals surface area contributed by atoms with Crippen LogP contribution in [0.4, 0.5) is 0 Å². The molecule has 0 unspecified atom stereocenters. The van der Waals surface area contributed by atoms with Gasteiger partial charge in [0.25, 0.3) is 5.91 Å². The highest BCUT2D eigenvalue weighted by atomic mass is 32.1. The van der Waals surface area contributed by atoms with Crippen molar-refractivity contribution in [2.75, 3.05) is 0 Å². The van der Waals surface area contributed by atoms with Gasteiger partial charge in [0.05, 0.1) is 11.1 Å². The molecule has 0 radical (unpaired) electrons. The fourth-order valence-electron chi connectivity index (χ4n) is 2.95. The summed E-state index contributed by atoms with van der Waals surface area (Å²) in [7, 11) is 0. The molecule has 3 aromatic heterocycles. The van der Waals surface area contributed by atoms with Gasteiger partial charge in [-0.2, -0.15) is 0 Å². The van der Waals surface area contributed by atoms with Crippen LogP contribution in [-0.2, 0) is 11.2 Å². The van der Waals surface area contributed by atoms with E-state index in [1.807, 2.05) is 35.7 Å². The molecular formula is C20H17N5O2S. The van der Waals surface area contributed by atoms with Gasteiger partial charge in [-0.05, 0) is 35.7 Å². The molecule has 0 bridgehead atoms. The van der Waals surface area contributed by atoms with Gasteiger partial charge >= 0.3 is 0 Å². The molecule has 3 heterocycles. The number of rotatable bonds is 6. The summed E-state index contributed by atoms with van der Waals surface area (Å²) >= 11 is 1.51. The number of aromatic amines is 1. The Morgan fingerprint density at radius 2 is 1.96 bits per heavy atom. The number of nitrogens with two attached hydrogens (primary N) is 1. The summed E-state index contributed by atoms with van der Waals surface area (Å²) in [5.74, 6) is -0.324. The van der Waals surface area contributed by atoms with Gasteiger partial charge in [0.15, 0.2) is 0 Å². The van der Waals surface area contributed by atoms with E-state index in [2.05, 4.69) is 20.3 Å². The maximum absolute atomic E-state index is 12.9. The number of primary amides is 1. The number of aromatic nitrogens is 3. The van der Waals surface area contributed by atoms with Crippen molar-refractivity contribution in [1.29, 1.82) is 0 Å². The Hall–Kier alpha value is -3.52. The number of carbonyl (C=O) groups is 2. The number of H-pyrrole nitrogens is 1. The molecule has 0 saturated carbocycles. The van der Waals surface area contributed by atoms with Crippen molar-refractivity contribution in [2.24, 2.45) is 5.73 Å². The van der Waals surface area contributed by atoms with Crippen LogP contribution in [0.25, 0.3) is 22.4 Å². The number of thiophene rings is 1. The van der Waals surface area contributed by atoms with Gasteiger partial charge in [0.2, 0.25) is 5.91 Å². The maximum atomic E-state index is 12.9. The number of hydrogen-bond acceptors (Lipinski definition) is 5. The molecule has 4 aromatic rings. The minimum absolute atomic E-state index is 0.359. The fourth-order valence-corrected chi connectivity index (χ4v) is 3.70. The highest BCUT2D eigenvalue weighted by molar-refractivity contribution is 7.09. The molecule has 8 heteroatoms. The number of para-hydroxylation sites is 1. The molecule has 0 aliphatic heterocycles. The first-order valence-electron chi connectivity index (χ1n) is 8.63. The average Bonchev–Trinajstić information content (AvgIpc) is 3.37. The number of benzene rings is 1. The molecule has 28 heavy (non-hydrogen) atoms. The number of carbonyl (C=O) groups excluding carboxylic acids is 2. The lowest BCUT2D eigenvalue weighted by molar-refractivity contribution is -0.119. The van der Waals surface area contributed by atoms with Crippen LogP contribution in [0, 0.1) is 0 Å². The first kappa shape index (κ1) is 17.9. The Labute approximate surface area is 164 Å². The van der Waals surface area contributed by atoms with E-state index in [4.69, 9.17) is 5.73 Å². The number of nitrogens with one attached hydrogen (secondary N) is 2. The molecular weight excluding hydrogens is 374 g/mol. The van der Waals surface area contributed by atoms with Gasteiger partial charge in [-0.3, -0.25) is 14.6 Å². The van der Waals surface area contributed by atoms with Gasteiger partial charge in [0, 0.05) is 29.3 Å².